The van der Waals surface area contributed by atoms with Crippen LogP contribution in [0.4, 0.5) is 0 Å². The zero-order valence-corrected chi connectivity index (χ0v) is 9.00. The van der Waals surface area contributed by atoms with Gasteiger partial charge in [-0.1, -0.05) is 13.2 Å². The molecule has 0 aliphatic rings. The maximum atomic E-state index is 8.96. The lowest BCUT2D eigenvalue weighted by atomic mass is 10.5. The lowest BCUT2D eigenvalue weighted by molar-refractivity contribution is -0.276. The third kappa shape index (κ3) is 7.24. The standard InChI is InChI=1S/C10H18O5/c1-5-9(13-7(3)11)15-10(6-2)14-8(4)12/h5-12H,1-2H2,3-4H3. The predicted molar refractivity (Wildman–Crippen MR) is 54.6 cm³/mol. The molecule has 0 amide bonds. The summed E-state index contributed by atoms with van der Waals surface area (Å²) in [6.45, 7) is 9.82. The molecular formula is C10H18O5. The lowest BCUT2D eigenvalue weighted by Gasteiger charge is -2.22. The van der Waals surface area contributed by atoms with Crippen LogP contribution in [0, 0.1) is 0 Å². The van der Waals surface area contributed by atoms with E-state index >= 15 is 0 Å². The van der Waals surface area contributed by atoms with Crippen molar-refractivity contribution < 1.29 is 24.4 Å². The van der Waals surface area contributed by atoms with E-state index in [1.165, 1.54) is 26.0 Å². The molecule has 0 rings (SSSR count). The highest BCUT2D eigenvalue weighted by atomic mass is 16.8. The van der Waals surface area contributed by atoms with Crippen molar-refractivity contribution in [3.63, 3.8) is 0 Å². The summed E-state index contributed by atoms with van der Waals surface area (Å²) in [5.74, 6) is 0. The summed E-state index contributed by atoms with van der Waals surface area (Å²) in [6, 6.07) is 0. The Kier molecular flexibility index (Phi) is 7.19. The molecule has 4 unspecified atom stereocenters. The zero-order chi connectivity index (χ0) is 11.8. The minimum Gasteiger partial charge on any atom is -0.368 e. The quantitative estimate of drug-likeness (QED) is 0.464. The smallest absolute Gasteiger partial charge is 0.183 e. The number of rotatable bonds is 8. The first kappa shape index (κ1) is 14.3. The highest BCUT2D eigenvalue weighted by molar-refractivity contribution is 4.78. The van der Waals surface area contributed by atoms with Gasteiger partial charge in [0.1, 0.15) is 0 Å². The van der Waals surface area contributed by atoms with Gasteiger partial charge in [-0.15, -0.1) is 0 Å². The predicted octanol–water partition coefficient (Wildman–Crippen LogP) is 0.737. The zero-order valence-electron chi connectivity index (χ0n) is 9.00. The van der Waals surface area contributed by atoms with Gasteiger partial charge in [-0.05, 0) is 26.0 Å². The molecule has 0 spiro atoms. The molecule has 2 N–H and O–H groups in total. The Morgan fingerprint density at radius 1 is 0.867 bits per heavy atom. The maximum Gasteiger partial charge on any atom is 0.183 e. The van der Waals surface area contributed by atoms with Gasteiger partial charge in [0.05, 0.1) is 0 Å². The summed E-state index contributed by atoms with van der Waals surface area (Å²) < 4.78 is 15.0. The molecule has 5 nitrogen and oxygen atoms in total. The molecule has 0 heterocycles. The fourth-order valence-corrected chi connectivity index (χ4v) is 0.807. The molecule has 15 heavy (non-hydrogen) atoms. The molecule has 0 fully saturated rings. The van der Waals surface area contributed by atoms with E-state index in [9.17, 15) is 0 Å². The van der Waals surface area contributed by atoms with Crippen LogP contribution in [0.1, 0.15) is 13.8 Å². The number of aliphatic hydroxyl groups excluding tert-OH is 2. The van der Waals surface area contributed by atoms with Crippen molar-refractivity contribution in [1.29, 1.82) is 0 Å². The van der Waals surface area contributed by atoms with E-state index in [0.717, 1.165) is 0 Å². The van der Waals surface area contributed by atoms with Gasteiger partial charge in [-0.3, -0.25) is 0 Å². The molecule has 0 aromatic heterocycles. The number of hydrogen-bond acceptors (Lipinski definition) is 5. The fraction of sp³-hybridized carbons (Fsp3) is 0.600. The van der Waals surface area contributed by atoms with Crippen LogP contribution in [-0.2, 0) is 14.2 Å². The molecular weight excluding hydrogens is 200 g/mol. The number of hydrogen-bond donors (Lipinski definition) is 2. The van der Waals surface area contributed by atoms with E-state index in [1.54, 1.807) is 0 Å². The molecule has 4 atom stereocenters. The molecule has 5 heteroatoms. The van der Waals surface area contributed by atoms with Crippen molar-refractivity contribution in [2.75, 3.05) is 0 Å². The molecule has 0 radical (unpaired) electrons. The highest BCUT2D eigenvalue weighted by Gasteiger charge is 2.15. The summed E-state index contributed by atoms with van der Waals surface area (Å²) >= 11 is 0. The molecule has 0 saturated heterocycles. The van der Waals surface area contributed by atoms with Crippen molar-refractivity contribution in [1.82, 2.24) is 0 Å². The van der Waals surface area contributed by atoms with E-state index < -0.39 is 25.2 Å². The Bertz CT molecular complexity index is 170. The lowest BCUT2D eigenvalue weighted by Crippen LogP contribution is -2.29. The van der Waals surface area contributed by atoms with Gasteiger partial charge in [-0.25, -0.2) is 0 Å². The van der Waals surface area contributed by atoms with Gasteiger partial charge < -0.3 is 24.4 Å². The van der Waals surface area contributed by atoms with Crippen molar-refractivity contribution in [3.05, 3.63) is 25.3 Å². The van der Waals surface area contributed by atoms with E-state index in [0.29, 0.717) is 0 Å². The second-order valence-corrected chi connectivity index (χ2v) is 2.82. The minimum absolute atomic E-state index is 0.827. The van der Waals surface area contributed by atoms with Gasteiger partial charge in [0.25, 0.3) is 0 Å². The Balaban J connectivity index is 4.11. The first-order valence-electron chi connectivity index (χ1n) is 4.57. The van der Waals surface area contributed by atoms with Crippen LogP contribution < -0.4 is 0 Å². The topological polar surface area (TPSA) is 68.2 Å². The highest BCUT2D eigenvalue weighted by Crippen LogP contribution is 2.07. The normalized spacial score (nSPS) is 18.9. The molecule has 0 aliphatic heterocycles. The van der Waals surface area contributed by atoms with Crippen molar-refractivity contribution in [2.45, 2.75) is 39.0 Å². The first-order valence-corrected chi connectivity index (χ1v) is 4.57. The Labute approximate surface area is 89.6 Å². The van der Waals surface area contributed by atoms with E-state index in [-0.39, 0.29) is 0 Å². The third-order valence-electron chi connectivity index (χ3n) is 1.32. The SMILES string of the molecule is C=CC(OC(C)O)OC(C=C)OC(C)O. The summed E-state index contributed by atoms with van der Waals surface area (Å²) in [5.41, 5.74) is 0. The van der Waals surface area contributed by atoms with Crippen LogP contribution in [-0.4, -0.2) is 35.4 Å². The first-order chi connectivity index (χ1) is 6.99. The van der Waals surface area contributed by atoms with Crippen molar-refractivity contribution >= 4 is 0 Å². The van der Waals surface area contributed by atoms with E-state index in [2.05, 4.69) is 13.2 Å². The average molecular weight is 218 g/mol. The van der Waals surface area contributed by atoms with Gasteiger partial charge in [0, 0.05) is 0 Å². The van der Waals surface area contributed by atoms with Crippen LogP contribution in [0.2, 0.25) is 0 Å². The monoisotopic (exact) mass is 218 g/mol. The van der Waals surface area contributed by atoms with Crippen LogP contribution in [0.25, 0.3) is 0 Å². The Morgan fingerprint density at radius 2 is 1.20 bits per heavy atom. The number of aliphatic hydroxyl groups is 2. The third-order valence-corrected chi connectivity index (χ3v) is 1.32. The van der Waals surface area contributed by atoms with Crippen molar-refractivity contribution in [2.24, 2.45) is 0 Å². The van der Waals surface area contributed by atoms with Crippen molar-refractivity contribution in [3.8, 4) is 0 Å². The molecule has 88 valence electrons. The largest absolute Gasteiger partial charge is 0.368 e. The van der Waals surface area contributed by atoms with Gasteiger partial charge >= 0.3 is 0 Å². The van der Waals surface area contributed by atoms with Crippen LogP contribution >= 0.6 is 0 Å². The summed E-state index contributed by atoms with van der Waals surface area (Å²) in [7, 11) is 0. The van der Waals surface area contributed by atoms with Gasteiger partial charge in [-0.2, -0.15) is 0 Å². The maximum absolute atomic E-state index is 8.96. The molecule has 0 aromatic rings. The minimum atomic E-state index is -0.981. The van der Waals surface area contributed by atoms with Crippen LogP contribution in [0.5, 0.6) is 0 Å². The fourth-order valence-electron chi connectivity index (χ4n) is 0.807. The van der Waals surface area contributed by atoms with Gasteiger partial charge in [0.2, 0.25) is 0 Å². The van der Waals surface area contributed by atoms with Crippen LogP contribution in [0.3, 0.4) is 0 Å². The Morgan fingerprint density at radius 3 is 1.40 bits per heavy atom. The Hall–Kier alpha value is -0.720. The second-order valence-electron chi connectivity index (χ2n) is 2.82. The summed E-state index contributed by atoms with van der Waals surface area (Å²) in [5, 5.41) is 17.9. The molecule has 0 bridgehead atoms. The molecule has 0 aliphatic carbocycles. The number of ether oxygens (including phenoxy) is 3. The summed E-state index contributed by atoms with van der Waals surface area (Å²) in [6.07, 6.45) is -0.906. The van der Waals surface area contributed by atoms with Gasteiger partial charge in [0.15, 0.2) is 25.2 Å². The summed E-state index contributed by atoms with van der Waals surface area (Å²) in [4.78, 5) is 0. The molecule has 0 aromatic carbocycles. The van der Waals surface area contributed by atoms with Crippen LogP contribution in [0.15, 0.2) is 25.3 Å². The average Bonchev–Trinajstić information content (AvgIpc) is 2.14. The van der Waals surface area contributed by atoms with E-state index in [1.807, 2.05) is 0 Å². The van der Waals surface area contributed by atoms with E-state index in [4.69, 9.17) is 24.4 Å². The molecule has 0 saturated carbocycles. The second kappa shape index (κ2) is 7.56.